The van der Waals surface area contributed by atoms with E-state index < -0.39 is 0 Å². The molecule has 0 amide bonds. The Kier molecular flexibility index (Phi) is 3.14. The van der Waals surface area contributed by atoms with Gasteiger partial charge in [0.25, 0.3) is 0 Å². The van der Waals surface area contributed by atoms with Crippen LogP contribution in [0, 0.1) is 0 Å². The summed E-state index contributed by atoms with van der Waals surface area (Å²) >= 11 is 0. The lowest BCUT2D eigenvalue weighted by molar-refractivity contribution is -0.0412. The molecule has 3 rings (SSSR count). The molecule has 0 radical (unpaired) electrons. The molecule has 1 aromatic rings. The van der Waals surface area contributed by atoms with Crippen LogP contribution in [0.1, 0.15) is 55.3 Å². The number of hydroxylamine groups is 1. The highest BCUT2D eigenvalue weighted by Crippen LogP contribution is 2.37. The van der Waals surface area contributed by atoms with Crippen molar-refractivity contribution in [3.8, 4) is 0 Å². The van der Waals surface area contributed by atoms with Crippen LogP contribution in [0.3, 0.4) is 0 Å². The van der Waals surface area contributed by atoms with Crippen molar-refractivity contribution < 1.29 is 4.84 Å². The van der Waals surface area contributed by atoms with E-state index in [9.17, 15) is 0 Å². The molecular weight excluding hydrogens is 212 g/mol. The molecule has 2 atom stereocenters. The van der Waals surface area contributed by atoms with Gasteiger partial charge in [-0.25, -0.2) is 0 Å². The average molecular weight is 232 g/mol. The molecule has 3 heteroatoms. The van der Waals surface area contributed by atoms with E-state index in [1.54, 1.807) is 0 Å². The maximum atomic E-state index is 6.12. The third-order valence-corrected chi connectivity index (χ3v) is 3.94. The minimum absolute atomic E-state index is 0.149. The topological polar surface area (TPSA) is 47.3 Å². The SMILES string of the molecule is NC1CC(NOC2CCCC2)c2ccccc21. The first-order chi connectivity index (χ1) is 8.34. The predicted molar refractivity (Wildman–Crippen MR) is 67.2 cm³/mol. The second kappa shape index (κ2) is 4.77. The Bertz CT molecular complexity index is 388. The fourth-order valence-corrected chi connectivity index (χ4v) is 2.97. The molecule has 3 nitrogen and oxygen atoms in total. The summed E-state index contributed by atoms with van der Waals surface area (Å²) in [4.78, 5) is 5.79. The second-order valence-corrected chi connectivity index (χ2v) is 5.17. The molecule has 0 aromatic heterocycles. The number of hydrogen-bond acceptors (Lipinski definition) is 3. The average Bonchev–Trinajstić information content (AvgIpc) is 2.96. The zero-order chi connectivity index (χ0) is 11.7. The van der Waals surface area contributed by atoms with Crippen molar-refractivity contribution in [2.75, 3.05) is 0 Å². The molecule has 92 valence electrons. The summed E-state index contributed by atoms with van der Waals surface area (Å²) in [6.07, 6.45) is 6.31. The molecule has 0 heterocycles. The summed E-state index contributed by atoms with van der Waals surface area (Å²) in [5.74, 6) is 0. The molecule has 17 heavy (non-hydrogen) atoms. The highest BCUT2D eigenvalue weighted by molar-refractivity contribution is 5.36. The maximum Gasteiger partial charge on any atom is 0.0790 e. The molecule has 2 unspecified atom stereocenters. The lowest BCUT2D eigenvalue weighted by Crippen LogP contribution is -2.25. The first-order valence-electron chi connectivity index (χ1n) is 6.60. The molecule has 2 aliphatic carbocycles. The first-order valence-corrected chi connectivity index (χ1v) is 6.60. The first kappa shape index (κ1) is 11.2. The summed E-state index contributed by atoms with van der Waals surface area (Å²) in [6.45, 7) is 0. The van der Waals surface area contributed by atoms with E-state index in [-0.39, 0.29) is 12.1 Å². The van der Waals surface area contributed by atoms with E-state index in [1.807, 2.05) is 0 Å². The Morgan fingerprint density at radius 2 is 1.82 bits per heavy atom. The van der Waals surface area contributed by atoms with E-state index in [0.717, 1.165) is 6.42 Å². The smallest absolute Gasteiger partial charge is 0.0790 e. The van der Waals surface area contributed by atoms with Crippen molar-refractivity contribution in [2.45, 2.75) is 50.3 Å². The third kappa shape index (κ3) is 2.23. The minimum atomic E-state index is 0.149. The van der Waals surface area contributed by atoms with Gasteiger partial charge in [0.15, 0.2) is 0 Å². The van der Waals surface area contributed by atoms with Crippen molar-refractivity contribution in [1.82, 2.24) is 5.48 Å². The molecule has 1 aromatic carbocycles. The van der Waals surface area contributed by atoms with Crippen molar-refractivity contribution >= 4 is 0 Å². The molecular formula is C14H20N2O. The largest absolute Gasteiger partial charge is 0.324 e. The van der Waals surface area contributed by atoms with Crippen LogP contribution in [0.2, 0.25) is 0 Å². The lowest BCUT2D eigenvalue weighted by Gasteiger charge is -2.17. The summed E-state index contributed by atoms with van der Waals surface area (Å²) in [5, 5.41) is 0. The van der Waals surface area contributed by atoms with Crippen LogP contribution in [0.5, 0.6) is 0 Å². The Labute approximate surface area is 102 Å². The lowest BCUT2D eigenvalue weighted by atomic mass is 10.1. The summed E-state index contributed by atoms with van der Waals surface area (Å²) in [5.41, 5.74) is 11.9. The Morgan fingerprint density at radius 3 is 2.59 bits per heavy atom. The zero-order valence-corrected chi connectivity index (χ0v) is 10.1. The van der Waals surface area contributed by atoms with E-state index in [4.69, 9.17) is 10.6 Å². The monoisotopic (exact) mass is 232 g/mol. The van der Waals surface area contributed by atoms with Crippen LogP contribution in [0.15, 0.2) is 24.3 Å². The Hall–Kier alpha value is -0.900. The van der Waals surface area contributed by atoms with Gasteiger partial charge < -0.3 is 5.73 Å². The second-order valence-electron chi connectivity index (χ2n) is 5.17. The predicted octanol–water partition coefficient (Wildman–Crippen LogP) is 2.60. The summed E-state index contributed by atoms with van der Waals surface area (Å²) in [7, 11) is 0. The van der Waals surface area contributed by atoms with Crippen molar-refractivity contribution in [1.29, 1.82) is 0 Å². The van der Waals surface area contributed by atoms with Crippen molar-refractivity contribution in [3.05, 3.63) is 35.4 Å². The Balaban J connectivity index is 1.65. The van der Waals surface area contributed by atoms with E-state index in [2.05, 4.69) is 29.7 Å². The standard InChI is InChI=1S/C14H20N2O/c15-13-9-14(12-8-4-3-7-11(12)13)16-17-10-5-1-2-6-10/h3-4,7-8,10,13-14,16H,1-2,5-6,9,15H2. The highest BCUT2D eigenvalue weighted by atomic mass is 16.7. The molecule has 1 fully saturated rings. The fourth-order valence-electron chi connectivity index (χ4n) is 2.97. The highest BCUT2D eigenvalue weighted by Gasteiger charge is 2.29. The van der Waals surface area contributed by atoms with Crippen LogP contribution in [0.25, 0.3) is 0 Å². The van der Waals surface area contributed by atoms with Gasteiger partial charge >= 0.3 is 0 Å². The van der Waals surface area contributed by atoms with Crippen LogP contribution in [-0.2, 0) is 4.84 Å². The van der Waals surface area contributed by atoms with Crippen LogP contribution in [-0.4, -0.2) is 6.10 Å². The van der Waals surface area contributed by atoms with E-state index >= 15 is 0 Å². The van der Waals surface area contributed by atoms with Gasteiger partial charge in [0, 0.05) is 6.04 Å². The normalized spacial score (nSPS) is 28.5. The fraction of sp³-hybridized carbons (Fsp3) is 0.571. The van der Waals surface area contributed by atoms with E-state index in [0.29, 0.717) is 6.10 Å². The molecule has 0 saturated heterocycles. The number of nitrogens with two attached hydrogens (primary N) is 1. The number of nitrogens with one attached hydrogen (secondary N) is 1. The van der Waals surface area contributed by atoms with Gasteiger partial charge in [-0.05, 0) is 30.4 Å². The third-order valence-electron chi connectivity index (χ3n) is 3.94. The molecule has 0 aliphatic heterocycles. The van der Waals surface area contributed by atoms with E-state index in [1.165, 1.54) is 36.8 Å². The Morgan fingerprint density at radius 1 is 1.12 bits per heavy atom. The number of rotatable bonds is 3. The number of fused-ring (bicyclic) bond motifs is 1. The summed E-state index contributed by atoms with van der Waals surface area (Å²) in [6, 6.07) is 8.81. The van der Waals surface area contributed by atoms with Gasteiger partial charge in [0.2, 0.25) is 0 Å². The minimum Gasteiger partial charge on any atom is -0.324 e. The summed E-state index contributed by atoms with van der Waals surface area (Å²) < 4.78 is 0. The van der Waals surface area contributed by atoms with Crippen LogP contribution < -0.4 is 11.2 Å². The molecule has 1 saturated carbocycles. The maximum absolute atomic E-state index is 6.12. The van der Waals surface area contributed by atoms with Gasteiger partial charge in [-0.1, -0.05) is 37.1 Å². The zero-order valence-electron chi connectivity index (χ0n) is 10.1. The van der Waals surface area contributed by atoms with Crippen LogP contribution in [0.4, 0.5) is 0 Å². The van der Waals surface area contributed by atoms with Gasteiger partial charge in [-0.15, -0.1) is 0 Å². The number of hydrogen-bond donors (Lipinski definition) is 2. The van der Waals surface area contributed by atoms with Crippen molar-refractivity contribution in [2.24, 2.45) is 5.73 Å². The van der Waals surface area contributed by atoms with Gasteiger partial charge in [0.1, 0.15) is 0 Å². The number of benzene rings is 1. The quantitative estimate of drug-likeness (QED) is 0.787. The molecule has 3 N–H and O–H groups in total. The van der Waals surface area contributed by atoms with Gasteiger partial charge in [-0.2, -0.15) is 5.48 Å². The molecule has 0 spiro atoms. The molecule has 0 bridgehead atoms. The van der Waals surface area contributed by atoms with Gasteiger partial charge in [0.05, 0.1) is 12.1 Å². The van der Waals surface area contributed by atoms with Crippen molar-refractivity contribution in [3.63, 3.8) is 0 Å². The van der Waals surface area contributed by atoms with Gasteiger partial charge in [-0.3, -0.25) is 4.84 Å². The van der Waals surface area contributed by atoms with Crippen LogP contribution >= 0.6 is 0 Å². The molecule has 2 aliphatic rings.